The Labute approximate surface area is 249 Å². The first-order valence-electron chi connectivity index (χ1n) is 14.1. The summed E-state index contributed by atoms with van der Waals surface area (Å²) in [5.41, 5.74) is 1.65. The van der Waals surface area contributed by atoms with E-state index in [1.54, 1.807) is 39.9 Å². The first-order valence-corrected chi connectivity index (χ1v) is 14.1. The van der Waals surface area contributed by atoms with Crippen molar-refractivity contribution in [2.24, 2.45) is 0 Å². The van der Waals surface area contributed by atoms with Crippen LogP contribution in [0.4, 0.5) is 16.4 Å². The van der Waals surface area contributed by atoms with Gasteiger partial charge in [-0.05, 0) is 57.5 Å². The molecule has 1 N–H and O–H groups in total. The van der Waals surface area contributed by atoms with E-state index in [1.807, 2.05) is 39.8 Å². The Morgan fingerprint density at radius 2 is 1.98 bits per heavy atom. The molecule has 0 aliphatic carbocycles. The van der Waals surface area contributed by atoms with Gasteiger partial charge in [0, 0.05) is 43.9 Å². The van der Waals surface area contributed by atoms with Gasteiger partial charge < -0.3 is 19.7 Å². The third-order valence-electron chi connectivity index (χ3n) is 6.89. The number of aromatic nitrogens is 5. The van der Waals surface area contributed by atoms with Crippen LogP contribution in [-0.4, -0.2) is 60.1 Å². The zero-order chi connectivity index (χ0) is 30.7. The number of piperidine rings is 1. The number of ether oxygens (including phenoxy) is 2. The minimum atomic E-state index is -0.547. The fourth-order valence-corrected chi connectivity index (χ4v) is 4.85. The minimum Gasteiger partial charge on any atom is -0.474 e. The van der Waals surface area contributed by atoms with E-state index in [4.69, 9.17) is 14.5 Å². The van der Waals surface area contributed by atoms with Crippen LogP contribution in [0.5, 0.6) is 5.88 Å². The molecule has 1 aromatic carbocycles. The molecule has 1 amide bonds. The fourth-order valence-electron chi connectivity index (χ4n) is 4.85. The third-order valence-corrected chi connectivity index (χ3v) is 6.89. The molecule has 0 radical (unpaired) electrons. The first kappa shape index (κ1) is 29.3. The van der Waals surface area contributed by atoms with Gasteiger partial charge in [-0.2, -0.15) is 15.2 Å². The van der Waals surface area contributed by atoms with Gasteiger partial charge in [-0.15, -0.1) is 6.58 Å². The van der Waals surface area contributed by atoms with E-state index < -0.39 is 5.60 Å². The quantitative estimate of drug-likeness (QED) is 0.302. The predicted octanol–water partition coefficient (Wildman–Crippen LogP) is 4.87. The Balaban J connectivity index is 1.40. The van der Waals surface area contributed by atoms with Crippen LogP contribution in [0.2, 0.25) is 0 Å². The van der Waals surface area contributed by atoms with Crippen molar-refractivity contribution >= 4 is 28.8 Å². The van der Waals surface area contributed by atoms with E-state index in [9.17, 15) is 14.9 Å². The van der Waals surface area contributed by atoms with Crippen molar-refractivity contribution in [1.82, 2.24) is 29.2 Å². The maximum atomic E-state index is 13.3. The van der Waals surface area contributed by atoms with Crippen LogP contribution < -0.4 is 15.6 Å². The summed E-state index contributed by atoms with van der Waals surface area (Å²) in [4.78, 5) is 41.2. The largest absolute Gasteiger partial charge is 0.474 e. The lowest BCUT2D eigenvalue weighted by Crippen LogP contribution is -2.44. The average molecular weight is 583 g/mol. The molecule has 4 aromatic rings. The maximum Gasteiger partial charge on any atom is 0.410 e. The summed E-state index contributed by atoms with van der Waals surface area (Å²) in [7, 11) is 0. The van der Waals surface area contributed by atoms with Crippen LogP contribution in [0, 0.1) is 18.3 Å². The molecule has 0 atom stereocenters. The maximum absolute atomic E-state index is 13.3. The topological polar surface area (TPSA) is 140 Å². The van der Waals surface area contributed by atoms with Crippen molar-refractivity contribution in [1.29, 1.82) is 5.26 Å². The molecule has 3 aromatic heterocycles. The smallest absolute Gasteiger partial charge is 0.410 e. The number of anilines is 2. The average Bonchev–Trinajstić information content (AvgIpc) is 3.23. The SMILES string of the molecule is C=CCn1c(=O)c2cnc(Nc3ccc(C#N)c(C)c3)nc2n1-c1cccc(OC2CCN(C(=O)OC(C)(C)C)CC2)n1. The summed E-state index contributed by atoms with van der Waals surface area (Å²) < 4.78 is 14.8. The number of fused-ring (bicyclic) bond motifs is 1. The Hall–Kier alpha value is -5.18. The van der Waals surface area contributed by atoms with Gasteiger partial charge in [0.15, 0.2) is 11.5 Å². The van der Waals surface area contributed by atoms with Gasteiger partial charge in [-0.1, -0.05) is 12.1 Å². The molecule has 1 saturated heterocycles. The zero-order valence-electron chi connectivity index (χ0n) is 24.7. The molecule has 0 saturated carbocycles. The molecule has 0 bridgehead atoms. The van der Waals surface area contributed by atoms with E-state index in [1.165, 1.54) is 10.9 Å². The monoisotopic (exact) mass is 582 g/mol. The normalized spacial score (nSPS) is 13.9. The molecule has 0 unspecified atom stereocenters. The zero-order valence-corrected chi connectivity index (χ0v) is 24.7. The van der Waals surface area contributed by atoms with Crippen molar-refractivity contribution in [2.45, 2.75) is 58.8 Å². The van der Waals surface area contributed by atoms with Crippen molar-refractivity contribution in [2.75, 3.05) is 18.4 Å². The van der Waals surface area contributed by atoms with Gasteiger partial charge in [0.2, 0.25) is 11.8 Å². The number of pyridine rings is 1. The Morgan fingerprint density at radius 1 is 1.21 bits per heavy atom. The van der Waals surface area contributed by atoms with Crippen LogP contribution in [0.3, 0.4) is 0 Å². The second kappa shape index (κ2) is 12.0. The van der Waals surface area contributed by atoms with Crippen LogP contribution in [0.1, 0.15) is 44.7 Å². The van der Waals surface area contributed by atoms with Gasteiger partial charge in [0.25, 0.3) is 5.56 Å². The molecule has 43 heavy (non-hydrogen) atoms. The molecular weight excluding hydrogens is 548 g/mol. The number of carbonyl (C=O) groups excluding carboxylic acids is 1. The van der Waals surface area contributed by atoms with Gasteiger partial charge in [0.1, 0.15) is 17.1 Å². The molecular formula is C31H34N8O4. The number of allylic oxidation sites excluding steroid dienone is 1. The number of carbonyl (C=O) groups is 1. The van der Waals surface area contributed by atoms with Gasteiger partial charge >= 0.3 is 6.09 Å². The second-order valence-electron chi connectivity index (χ2n) is 11.3. The summed E-state index contributed by atoms with van der Waals surface area (Å²) in [5, 5.41) is 12.7. The molecule has 1 aliphatic heterocycles. The summed E-state index contributed by atoms with van der Waals surface area (Å²) in [6.45, 7) is 12.5. The lowest BCUT2D eigenvalue weighted by molar-refractivity contribution is 0.0123. The highest BCUT2D eigenvalue weighted by atomic mass is 16.6. The molecule has 222 valence electrons. The Morgan fingerprint density at radius 3 is 2.65 bits per heavy atom. The summed E-state index contributed by atoms with van der Waals surface area (Å²) >= 11 is 0. The lowest BCUT2D eigenvalue weighted by Gasteiger charge is -2.33. The van der Waals surface area contributed by atoms with E-state index in [0.29, 0.717) is 59.9 Å². The van der Waals surface area contributed by atoms with Gasteiger partial charge in [-0.25, -0.2) is 19.1 Å². The molecule has 5 rings (SSSR count). The van der Waals surface area contributed by atoms with Crippen molar-refractivity contribution in [3.63, 3.8) is 0 Å². The summed E-state index contributed by atoms with van der Waals surface area (Å²) in [6, 6.07) is 12.8. The standard InChI is InChI=1S/C31H34N8O4/c1-6-14-38-28(40)24-19-33-29(34-22-11-10-21(18-32)20(2)17-22)36-27(24)39(38)25-8-7-9-26(35-25)42-23-12-15-37(16-13-23)30(41)43-31(3,4)5/h6-11,17,19,23H,1,12-16H2,2-5H3,(H,33,34,36). The number of likely N-dealkylation sites (tertiary alicyclic amines) is 1. The molecule has 4 heterocycles. The third kappa shape index (κ3) is 6.51. The predicted molar refractivity (Wildman–Crippen MR) is 162 cm³/mol. The van der Waals surface area contributed by atoms with Crippen LogP contribution in [0.25, 0.3) is 16.9 Å². The van der Waals surface area contributed by atoms with E-state index in [-0.39, 0.29) is 30.2 Å². The highest BCUT2D eigenvalue weighted by Gasteiger charge is 2.28. The minimum absolute atomic E-state index is 0.132. The Bertz CT molecular complexity index is 1770. The van der Waals surface area contributed by atoms with E-state index in [0.717, 1.165) is 5.56 Å². The van der Waals surface area contributed by atoms with Crippen LogP contribution >= 0.6 is 0 Å². The second-order valence-corrected chi connectivity index (χ2v) is 11.3. The highest BCUT2D eigenvalue weighted by molar-refractivity contribution is 5.77. The summed E-state index contributed by atoms with van der Waals surface area (Å²) in [5.74, 6) is 1.12. The van der Waals surface area contributed by atoms with E-state index in [2.05, 4.69) is 27.9 Å². The summed E-state index contributed by atoms with van der Waals surface area (Å²) in [6.07, 6.45) is 3.93. The number of nitriles is 1. The number of aryl methyl sites for hydroxylation is 1. The molecule has 1 fully saturated rings. The molecule has 12 nitrogen and oxygen atoms in total. The number of nitrogens with zero attached hydrogens (tertiary/aromatic N) is 7. The Kier molecular flexibility index (Phi) is 8.16. The van der Waals surface area contributed by atoms with Crippen LogP contribution in [-0.2, 0) is 11.3 Å². The molecule has 1 aliphatic rings. The van der Waals surface area contributed by atoms with Crippen molar-refractivity contribution in [3.05, 3.63) is 76.7 Å². The fraction of sp³-hybridized carbons (Fsp3) is 0.355. The first-order chi connectivity index (χ1) is 20.6. The number of nitrogens with one attached hydrogen (secondary N) is 1. The number of hydrogen-bond acceptors (Lipinski definition) is 9. The van der Waals surface area contributed by atoms with Gasteiger partial charge in [-0.3, -0.25) is 4.79 Å². The number of amides is 1. The highest BCUT2D eigenvalue weighted by Crippen LogP contribution is 2.23. The van der Waals surface area contributed by atoms with E-state index >= 15 is 0 Å². The molecule has 12 heteroatoms. The van der Waals surface area contributed by atoms with Crippen molar-refractivity contribution < 1.29 is 14.3 Å². The van der Waals surface area contributed by atoms with Crippen molar-refractivity contribution in [3.8, 4) is 17.8 Å². The van der Waals surface area contributed by atoms with Gasteiger partial charge in [0.05, 0.1) is 18.2 Å². The lowest BCUT2D eigenvalue weighted by atomic mass is 10.1. The molecule has 0 spiro atoms. The number of rotatable bonds is 7. The number of benzene rings is 1. The number of hydrogen-bond donors (Lipinski definition) is 1. The van der Waals surface area contributed by atoms with Crippen LogP contribution in [0.15, 0.2) is 60.0 Å².